The van der Waals surface area contributed by atoms with E-state index in [0.717, 1.165) is 24.6 Å². The molecule has 1 aromatic carbocycles. The topological polar surface area (TPSA) is 61.9 Å². The summed E-state index contributed by atoms with van der Waals surface area (Å²) < 4.78 is 27.3. The molecule has 0 aliphatic carbocycles. The molecule has 0 bridgehead atoms. The molecule has 0 radical (unpaired) electrons. The van der Waals surface area contributed by atoms with E-state index in [9.17, 15) is 13.6 Å². The molecule has 138 valence electrons. The molecule has 1 aliphatic heterocycles. The number of nitrogens with zero attached hydrogens (tertiary/aromatic N) is 3. The minimum atomic E-state index is -0.834. The van der Waals surface area contributed by atoms with E-state index in [1.54, 1.807) is 30.6 Å². The molecule has 0 amide bonds. The maximum atomic E-state index is 13.9. The van der Waals surface area contributed by atoms with Crippen LogP contribution in [0, 0.1) is 11.6 Å². The van der Waals surface area contributed by atoms with Gasteiger partial charge in [-0.15, -0.1) is 0 Å². The fourth-order valence-corrected chi connectivity index (χ4v) is 3.45. The lowest BCUT2D eigenvalue weighted by Gasteiger charge is -2.16. The fourth-order valence-electron chi connectivity index (χ4n) is 3.45. The number of pyridine rings is 1. The maximum absolute atomic E-state index is 13.9. The van der Waals surface area contributed by atoms with E-state index in [4.69, 9.17) is 0 Å². The number of rotatable bonds is 4. The lowest BCUT2D eigenvalue weighted by molar-refractivity contribution is 0.317. The standard InChI is InChI=1S/C20H18F2N4O/c21-16-3-1-2-14(19(16)22)11-26-9-6-15(12-26)20-24-17(10-18(27)25-20)13-4-7-23-8-5-13/h1-5,7-8,10,15H,6,9,11-12H2,(H,24,25,27). The lowest BCUT2D eigenvalue weighted by atomic mass is 10.1. The molecule has 1 atom stereocenters. The van der Waals surface area contributed by atoms with Crippen LogP contribution in [-0.2, 0) is 6.54 Å². The predicted octanol–water partition coefficient (Wildman–Crippen LogP) is 3.10. The van der Waals surface area contributed by atoms with E-state index in [1.165, 1.54) is 12.1 Å². The second kappa shape index (κ2) is 7.36. The first kappa shape index (κ1) is 17.5. The lowest BCUT2D eigenvalue weighted by Crippen LogP contribution is -2.22. The summed E-state index contributed by atoms with van der Waals surface area (Å²) in [5, 5.41) is 0. The van der Waals surface area contributed by atoms with Crippen molar-refractivity contribution in [3.63, 3.8) is 0 Å². The Labute approximate surface area is 154 Å². The van der Waals surface area contributed by atoms with E-state index in [2.05, 4.69) is 15.0 Å². The van der Waals surface area contributed by atoms with Crippen LogP contribution in [0.4, 0.5) is 8.78 Å². The van der Waals surface area contributed by atoms with Crippen LogP contribution in [0.1, 0.15) is 23.7 Å². The zero-order valence-corrected chi connectivity index (χ0v) is 14.5. The SMILES string of the molecule is O=c1cc(-c2ccncc2)nc(C2CCN(Cc3cccc(F)c3F)C2)[nH]1. The van der Waals surface area contributed by atoms with Crippen LogP contribution in [0.3, 0.4) is 0 Å². The van der Waals surface area contributed by atoms with Gasteiger partial charge in [0.2, 0.25) is 0 Å². The summed E-state index contributed by atoms with van der Waals surface area (Å²) in [6.07, 6.45) is 4.10. The predicted molar refractivity (Wildman–Crippen MR) is 97.1 cm³/mol. The fraction of sp³-hybridized carbons (Fsp3) is 0.250. The number of halogens is 2. The summed E-state index contributed by atoms with van der Waals surface area (Å²) in [4.78, 5) is 25.5. The Morgan fingerprint density at radius 3 is 2.81 bits per heavy atom. The van der Waals surface area contributed by atoms with E-state index < -0.39 is 11.6 Å². The van der Waals surface area contributed by atoms with Crippen molar-refractivity contribution in [2.45, 2.75) is 18.9 Å². The van der Waals surface area contributed by atoms with Crippen LogP contribution in [0.25, 0.3) is 11.3 Å². The van der Waals surface area contributed by atoms with Gasteiger partial charge in [0.15, 0.2) is 11.6 Å². The van der Waals surface area contributed by atoms with Crippen molar-refractivity contribution < 1.29 is 8.78 Å². The molecule has 1 fully saturated rings. The highest BCUT2D eigenvalue weighted by Gasteiger charge is 2.27. The summed E-state index contributed by atoms with van der Waals surface area (Å²) in [7, 11) is 0. The number of hydrogen-bond donors (Lipinski definition) is 1. The van der Waals surface area contributed by atoms with Crippen molar-refractivity contribution in [2.24, 2.45) is 0 Å². The summed E-state index contributed by atoms with van der Waals surface area (Å²) in [6.45, 7) is 1.68. The summed E-state index contributed by atoms with van der Waals surface area (Å²) in [6, 6.07) is 9.30. The number of likely N-dealkylation sites (tertiary alicyclic amines) is 1. The number of aromatic amines is 1. The molecule has 27 heavy (non-hydrogen) atoms. The van der Waals surface area contributed by atoms with E-state index in [-0.39, 0.29) is 11.5 Å². The van der Waals surface area contributed by atoms with Crippen LogP contribution in [0.2, 0.25) is 0 Å². The molecule has 1 aliphatic rings. The van der Waals surface area contributed by atoms with Crippen LogP contribution < -0.4 is 5.56 Å². The van der Waals surface area contributed by atoms with Gasteiger partial charge in [-0.3, -0.25) is 14.7 Å². The van der Waals surface area contributed by atoms with Gasteiger partial charge in [-0.25, -0.2) is 13.8 Å². The van der Waals surface area contributed by atoms with Crippen molar-refractivity contribution >= 4 is 0 Å². The Balaban J connectivity index is 1.53. The largest absolute Gasteiger partial charge is 0.310 e. The molecule has 3 heterocycles. The average molecular weight is 368 g/mol. The molecule has 7 heteroatoms. The normalized spacial score (nSPS) is 17.3. The summed E-state index contributed by atoms with van der Waals surface area (Å²) in [5.74, 6) is -0.973. The van der Waals surface area contributed by atoms with Crippen molar-refractivity contribution in [1.29, 1.82) is 0 Å². The molecule has 5 nitrogen and oxygen atoms in total. The zero-order valence-electron chi connectivity index (χ0n) is 14.5. The van der Waals surface area contributed by atoms with Gasteiger partial charge >= 0.3 is 0 Å². The van der Waals surface area contributed by atoms with Gasteiger partial charge in [-0.2, -0.15) is 0 Å². The van der Waals surface area contributed by atoms with Gasteiger partial charge in [-0.05, 0) is 31.2 Å². The Morgan fingerprint density at radius 2 is 2.00 bits per heavy atom. The van der Waals surface area contributed by atoms with Crippen molar-refractivity contribution in [1.82, 2.24) is 19.9 Å². The average Bonchev–Trinajstić information content (AvgIpc) is 3.14. The summed E-state index contributed by atoms with van der Waals surface area (Å²) >= 11 is 0. The molecule has 1 saturated heterocycles. The number of hydrogen-bond acceptors (Lipinski definition) is 4. The van der Waals surface area contributed by atoms with Crippen LogP contribution >= 0.6 is 0 Å². The highest BCUT2D eigenvalue weighted by Crippen LogP contribution is 2.27. The molecule has 3 aromatic rings. The molecule has 1 unspecified atom stereocenters. The quantitative estimate of drug-likeness (QED) is 0.769. The maximum Gasteiger partial charge on any atom is 0.251 e. The second-order valence-corrected chi connectivity index (χ2v) is 6.69. The molecular weight excluding hydrogens is 350 g/mol. The van der Waals surface area contributed by atoms with Crippen LogP contribution in [0.5, 0.6) is 0 Å². The smallest absolute Gasteiger partial charge is 0.251 e. The second-order valence-electron chi connectivity index (χ2n) is 6.69. The molecule has 0 spiro atoms. The zero-order chi connectivity index (χ0) is 18.8. The molecular formula is C20H18F2N4O. The number of H-pyrrole nitrogens is 1. The van der Waals surface area contributed by atoms with Crippen molar-refractivity contribution in [2.75, 3.05) is 13.1 Å². The van der Waals surface area contributed by atoms with Gasteiger partial charge in [0.25, 0.3) is 5.56 Å². The van der Waals surface area contributed by atoms with Crippen LogP contribution in [0.15, 0.2) is 53.6 Å². The van der Waals surface area contributed by atoms with Gasteiger partial charge in [0.05, 0.1) is 5.69 Å². The Morgan fingerprint density at radius 1 is 1.19 bits per heavy atom. The number of benzene rings is 1. The highest BCUT2D eigenvalue weighted by molar-refractivity contribution is 5.57. The molecule has 1 N–H and O–H groups in total. The minimum Gasteiger partial charge on any atom is -0.310 e. The van der Waals surface area contributed by atoms with Gasteiger partial charge in [0, 0.05) is 48.6 Å². The minimum absolute atomic E-state index is 0.0381. The number of aromatic nitrogens is 3. The van der Waals surface area contributed by atoms with E-state index in [1.807, 2.05) is 4.90 Å². The Kier molecular flexibility index (Phi) is 4.77. The van der Waals surface area contributed by atoms with Crippen molar-refractivity contribution in [3.8, 4) is 11.3 Å². The molecule has 2 aromatic heterocycles. The number of nitrogens with one attached hydrogen (secondary N) is 1. The third-order valence-electron chi connectivity index (χ3n) is 4.82. The van der Waals surface area contributed by atoms with Crippen molar-refractivity contribution in [3.05, 3.63) is 82.2 Å². The first-order chi connectivity index (χ1) is 13.1. The van der Waals surface area contributed by atoms with E-state index >= 15 is 0 Å². The van der Waals surface area contributed by atoms with Gasteiger partial charge in [0.1, 0.15) is 5.82 Å². The Hall–Kier alpha value is -2.93. The van der Waals surface area contributed by atoms with E-state index in [0.29, 0.717) is 30.2 Å². The van der Waals surface area contributed by atoms with Gasteiger partial charge < -0.3 is 4.98 Å². The Bertz CT molecular complexity index is 1010. The third-order valence-corrected chi connectivity index (χ3v) is 4.82. The van der Waals surface area contributed by atoms with Crippen LogP contribution in [-0.4, -0.2) is 32.9 Å². The summed E-state index contributed by atoms with van der Waals surface area (Å²) in [5.41, 5.74) is 1.56. The molecule has 4 rings (SSSR count). The van der Waals surface area contributed by atoms with Gasteiger partial charge in [-0.1, -0.05) is 12.1 Å². The third kappa shape index (κ3) is 3.78. The first-order valence-corrected chi connectivity index (χ1v) is 8.77. The first-order valence-electron chi connectivity index (χ1n) is 8.77. The highest BCUT2D eigenvalue weighted by atomic mass is 19.2. The monoisotopic (exact) mass is 368 g/mol. The molecule has 0 saturated carbocycles.